The number of hydrogen-bond acceptors (Lipinski definition) is 8. The molecule has 208 valence electrons. The Morgan fingerprint density at radius 1 is 1.18 bits per heavy atom. The third-order valence-corrected chi connectivity index (χ3v) is 8.15. The van der Waals surface area contributed by atoms with Crippen LogP contribution in [0.1, 0.15) is 63.4 Å². The SMILES string of the molecule is Cc1nc(N2CC3CC2CO3)cc(-n2ncc3cc(C)c(C4CCN(C(=O)OC(C)(C)C)CC4(C)O)cc32)n1. The Morgan fingerprint density at radius 3 is 2.62 bits per heavy atom. The monoisotopic (exact) mass is 534 g/mol. The normalized spacial score (nSPS) is 27.0. The molecule has 5 heterocycles. The van der Waals surface area contributed by atoms with Crippen molar-refractivity contribution in [2.24, 2.45) is 0 Å². The number of aromatic nitrogens is 4. The number of morpholine rings is 1. The molecule has 4 unspecified atom stereocenters. The number of carbonyl (C=O) groups is 1. The smallest absolute Gasteiger partial charge is 0.410 e. The second-order valence-corrected chi connectivity index (χ2v) is 12.6. The molecule has 0 aliphatic carbocycles. The Hall–Kier alpha value is -3.24. The van der Waals surface area contributed by atoms with Crippen LogP contribution in [0, 0.1) is 13.8 Å². The molecule has 3 fully saturated rings. The molecule has 0 radical (unpaired) electrons. The van der Waals surface area contributed by atoms with E-state index in [9.17, 15) is 9.90 Å². The van der Waals surface area contributed by atoms with E-state index in [2.05, 4.69) is 24.0 Å². The van der Waals surface area contributed by atoms with Crippen LogP contribution in [-0.4, -0.2) is 85.4 Å². The second-order valence-electron chi connectivity index (χ2n) is 12.6. The maximum Gasteiger partial charge on any atom is 0.410 e. The number of hydrogen-bond donors (Lipinski definition) is 1. The predicted molar refractivity (Wildman–Crippen MR) is 147 cm³/mol. The fourth-order valence-electron chi connectivity index (χ4n) is 6.38. The predicted octanol–water partition coefficient (Wildman–Crippen LogP) is 3.89. The molecule has 4 atom stereocenters. The van der Waals surface area contributed by atoms with Crippen molar-refractivity contribution in [3.63, 3.8) is 0 Å². The molecule has 1 aromatic carbocycles. The molecule has 1 amide bonds. The Labute approximate surface area is 228 Å². The van der Waals surface area contributed by atoms with Crippen LogP contribution in [0.4, 0.5) is 10.6 Å². The number of benzene rings is 1. The Balaban J connectivity index is 1.32. The highest BCUT2D eigenvalue weighted by molar-refractivity contribution is 5.82. The van der Waals surface area contributed by atoms with Crippen LogP contribution in [0.2, 0.25) is 0 Å². The number of aliphatic hydroxyl groups is 1. The first-order valence-electron chi connectivity index (χ1n) is 13.8. The molecular formula is C29H38N6O4. The molecule has 2 bridgehead atoms. The maximum absolute atomic E-state index is 12.7. The summed E-state index contributed by atoms with van der Waals surface area (Å²) in [5, 5.41) is 17.3. The Kier molecular flexibility index (Phi) is 6.11. The first-order chi connectivity index (χ1) is 18.4. The maximum atomic E-state index is 12.7. The van der Waals surface area contributed by atoms with Gasteiger partial charge in [-0.2, -0.15) is 5.10 Å². The van der Waals surface area contributed by atoms with E-state index < -0.39 is 11.2 Å². The van der Waals surface area contributed by atoms with Gasteiger partial charge < -0.3 is 24.4 Å². The zero-order valence-electron chi connectivity index (χ0n) is 23.6. The summed E-state index contributed by atoms with van der Waals surface area (Å²) in [7, 11) is 0. The van der Waals surface area contributed by atoms with Gasteiger partial charge in [0.05, 0.1) is 42.6 Å². The van der Waals surface area contributed by atoms with Gasteiger partial charge >= 0.3 is 6.09 Å². The molecule has 6 rings (SSSR count). The third-order valence-electron chi connectivity index (χ3n) is 8.15. The van der Waals surface area contributed by atoms with Gasteiger partial charge in [0.2, 0.25) is 0 Å². The zero-order valence-corrected chi connectivity index (χ0v) is 23.6. The van der Waals surface area contributed by atoms with E-state index in [1.165, 1.54) is 0 Å². The van der Waals surface area contributed by atoms with Crippen molar-refractivity contribution in [3.8, 4) is 5.82 Å². The molecule has 0 spiro atoms. The summed E-state index contributed by atoms with van der Waals surface area (Å²) in [5.41, 5.74) is 1.37. The van der Waals surface area contributed by atoms with E-state index in [0.717, 1.165) is 53.2 Å². The highest BCUT2D eigenvalue weighted by Crippen LogP contribution is 2.40. The van der Waals surface area contributed by atoms with E-state index in [4.69, 9.17) is 24.5 Å². The number of β-amino-alcohol motifs (C(OH)–C–C–N with tert-alkyl or cyclic N) is 1. The van der Waals surface area contributed by atoms with Gasteiger partial charge in [-0.1, -0.05) is 0 Å². The summed E-state index contributed by atoms with van der Waals surface area (Å²) in [5.74, 6) is 2.17. The third kappa shape index (κ3) is 4.84. The fourth-order valence-corrected chi connectivity index (χ4v) is 6.38. The number of likely N-dealkylation sites (tertiary alicyclic amines) is 1. The first-order valence-corrected chi connectivity index (χ1v) is 13.8. The minimum Gasteiger partial charge on any atom is -0.444 e. The standard InChI is InChI=1S/C29H38N6O4/c1-17-9-19-13-30-35(26-12-25(31-18(2)32-26)34-14-21-10-20(34)15-38-21)24(19)11-22(17)23-7-8-33(16-29(23,6)37)27(36)39-28(3,4)5/h9,11-13,20-21,23,37H,7-8,10,14-16H2,1-6H3. The Bertz CT molecular complexity index is 1430. The summed E-state index contributed by atoms with van der Waals surface area (Å²) in [6, 6.07) is 6.61. The molecule has 10 heteroatoms. The molecule has 0 saturated carbocycles. The number of fused-ring (bicyclic) bond motifs is 3. The number of nitrogens with zero attached hydrogens (tertiary/aromatic N) is 6. The highest BCUT2D eigenvalue weighted by Gasteiger charge is 2.42. The number of ether oxygens (including phenoxy) is 2. The van der Waals surface area contributed by atoms with E-state index in [0.29, 0.717) is 24.8 Å². The van der Waals surface area contributed by atoms with Gasteiger partial charge in [0.25, 0.3) is 0 Å². The lowest BCUT2D eigenvalue weighted by Crippen LogP contribution is -2.53. The Morgan fingerprint density at radius 2 is 1.95 bits per heavy atom. The van der Waals surface area contributed by atoms with Crippen LogP contribution in [0.5, 0.6) is 0 Å². The minimum atomic E-state index is -1.12. The molecule has 3 aliphatic rings. The molecule has 3 aromatic rings. The lowest BCUT2D eigenvalue weighted by Gasteiger charge is -2.43. The van der Waals surface area contributed by atoms with Gasteiger partial charge in [0.15, 0.2) is 5.82 Å². The van der Waals surface area contributed by atoms with Gasteiger partial charge in [-0.25, -0.2) is 19.4 Å². The topological polar surface area (TPSA) is 106 Å². The van der Waals surface area contributed by atoms with Crippen molar-refractivity contribution in [2.75, 3.05) is 31.1 Å². The van der Waals surface area contributed by atoms with Crippen molar-refractivity contribution in [1.82, 2.24) is 24.6 Å². The summed E-state index contributed by atoms with van der Waals surface area (Å²) in [6.45, 7) is 13.7. The summed E-state index contributed by atoms with van der Waals surface area (Å²) in [4.78, 5) is 26.1. The summed E-state index contributed by atoms with van der Waals surface area (Å²) >= 11 is 0. The molecule has 3 saturated heterocycles. The van der Waals surface area contributed by atoms with E-state index in [1.54, 1.807) is 4.90 Å². The quantitative estimate of drug-likeness (QED) is 0.540. The zero-order chi connectivity index (χ0) is 27.7. The molecule has 10 nitrogen and oxygen atoms in total. The van der Waals surface area contributed by atoms with Crippen LogP contribution < -0.4 is 4.90 Å². The van der Waals surface area contributed by atoms with Gasteiger partial charge in [0, 0.05) is 30.5 Å². The molecular weight excluding hydrogens is 496 g/mol. The fraction of sp³-hybridized carbons (Fsp3) is 0.586. The largest absolute Gasteiger partial charge is 0.444 e. The van der Waals surface area contributed by atoms with Gasteiger partial charge in [-0.3, -0.25) is 0 Å². The van der Waals surface area contributed by atoms with Crippen LogP contribution >= 0.6 is 0 Å². The van der Waals surface area contributed by atoms with Crippen molar-refractivity contribution in [2.45, 2.75) is 83.6 Å². The van der Waals surface area contributed by atoms with E-state index in [-0.39, 0.29) is 24.7 Å². The molecule has 1 N–H and O–H groups in total. The number of anilines is 1. The summed E-state index contributed by atoms with van der Waals surface area (Å²) in [6.07, 6.45) is 3.41. The van der Waals surface area contributed by atoms with Gasteiger partial charge in [-0.05, 0) is 77.6 Å². The molecule has 39 heavy (non-hydrogen) atoms. The number of amides is 1. The molecule has 3 aliphatic heterocycles. The van der Waals surface area contributed by atoms with Gasteiger partial charge in [0.1, 0.15) is 17.2 Å². The first kappa shape index (κ1) is 26.0. The lowest BCUT2D eigenvalue weighted by atomic mass is 9.76. The molecule has 2 aromatic heterocycles. The van der Waals surface area contributed by atoms with Crippen molar-refractivity contribution < 1.29 is 19.4 Å². The average Bonchev–Trinajstić information content (AvgIpc) is 3.57. The number of piperidine rings is 1. The minimum absolute atomic E-state index is 0.146. The van der Waals surface area contributed by atoms with Crippen LogP contribution in [0.25, 0.3) is 16.7 Å². The van der Waals surface area contributed by atoms with Crippen molar-refractivity contribution >= 4 is 22.8 Å². The second kappa shape index (κ2) is 9.16. The highest BCUT2D eigenvalue weighted by atomic mass is 16.6. The average molecular weight is 535 g/mol. The number of aryl methyl sites for hydroxylation is 2. The number of carbonyl (C=O) groups excluding carboxylic acids is 1. The van der Waals surface area contributed by atoms with Crippen LogP contribution in [0.15, 0.2) is 24.4 Å². The van der Waals surface area contributed by atoms with E-state index in [1.807, 2.05) is 51.6 Å². The van der Waals surface area contributed by atoms with Crippen LogP contribution in [0.3, 0.4) is 0 Å². The van der Waals surface area contributed by atoms with Crippen molar-refractivity contribution in [3.05, 3.63) is 41.3 Å². The summed E-state index contributed by atoms with van der Waals surface area (Å²) < 4.78 is 13.2. The van der Waals surface area contributed by atoms with Gasteiger partial charge in [-0.15, -0.1) is 0 Å². The van der Waals surface area contributed by atoms with E-state index >= 15 is 0 Å². The van der Waals surface area contributed by atoms with Crippen molar-refractivity contribution in [1.29, 1.82) is 0 Å². The lowest BCUT2D eigenvalue weighted by molar-refractivity contribution is -0.0459. The number of rotatable bonds is 3. The van der Waals surface area contributed by atoms with Crippen LogP contribution in [-0.2, 0) is 9.47 Å².